The lowest BCUT2D eigenvalue weighted by Crippen LogP contribution is -2.25. The van der Waals surface area contributed by atoms with Crippen molar-refractivity contribution in [1.82, 2.24) is 0 Å². The van der Waals surface area contributed by atoms with E-state index >= 15 is 0 Å². The van der Waals surface area contributed by atoms with Crippen LogP contribution in [0.5, 0.6) is 0 Å². The maximum absolute atomic E-state index is 10.7. The highest BCUT2D eigenvalue weighted by Gasteiger charge is 2.07. The van der Waals surface area contributed by atoms with Gasteiger partial charge >= 0.3 is 0 Å². The lowest BCUT2D eigenvalue weighted by atomic mass is 10.4. The SMILES string of the molecule is C[C@H](N)C(=O)[SH](C)C. The molecule has 0 saturated carbocycles. The van der Waals surface area contributed by atoms with Crippen LogP contribution in [0.15, 0.2) is 0 Å². The van der Waals surface area contributed by atoms with Gasteiger partial charge in [-0.05, 0) is 19.4 Å². The Kier molecular flexibility index (Phi) is 3.09. The van der Waals surface area contributed by atoms with Crippen LogP contribution in [-0.4, -0.2) is 23.7 Å². The molecule has 2 N–H and O–H groups in total. The van der Waals surface area contributed by atoms with Crippen molar-refractivity contribution >= 4 is 16.0 Å². The Morgan fingerprint density at radius 1 is 1.62 bits per heavy atom. The van der Waals surface area contributed by atoms with E-state index < -0.39 is 10.9 Å². The number of carbonyl (C=O) groups excluding carboxylic acids is 1. The van der Waals surface area contributed by atoms with E-state index in [-0.39, 0.29) is 11.2 Å². The van der Waals surface area contributed by atoms with Gasteiger partial charge in [0.25, 0.3) is 0 Å². The molecular weight excluding hydrogens is 122 g/mol. The summed E-state index contributed by atoms with van der Waals surface area (Å²) in [4.78, 5) is 10.7. The maximum Gasteiger partial charge on any atom is 0.185 e. The molecule has 0 aliphatic heterocycles. The molecule has 0 fully saturated rings. The van der Waals surface area contributed by atoms with Gasteiger partial charge in [0.2, 0.25) is 0 Å². The summed E-state index contributed by atoms with van der Waals surface area (Å²) < 4.78 is 0. The van der Waals surface area contributed by atoms with Gasteiger partial charge in [0, 0.05) is 0 Å². The maximum atomic E-state index is 10.7. The van der Waals surface area contributed by atoms with Gasteiger partial charge in [-0.25, -0.2) is 0 Å². The van der Waals surface area contributed by atoms with E-state index in [4.69, 9.17) is 5.73 Å². The molecule has 0 unspecified atom stereocenters. The average Bonchev–Trinajstić information content (AvgIpc) is 1.64. The predicted molar refractivity (Wildman–Crippen MR) is 39.5 cm³/mol. The molecule has 0 aromatic rings. The van der Waals surface area contributed by atoms with Gasteiger partial charge in [-0.2, -0.15) is 10.9 Å². The van der Waals surface area contributed by atoms with Crippen molar-refractivity contribution in [2.75, 3.05) is 12.5 Å². The van der Waals surface area contributed by atoms with E-state index in [9.17, 15) is 4.79 Å². The van der Waals surface area contributed by atoms with Crippen LogP contribution in [-0.2, 0) is 4.79 Å². The summed E-state index contributed by atoms with van der Waals surface area (Å²) in [7, 11) is -0.465. The third-order valence-corrected chi connectivity index (χ3v) is 2.12. The summed E-state index contributed by atoms with van der Waals surface area (Å²) in [5.74, 6) is 0. The largest absolute Gasteiger partial charge is 0.321 e. The first-order chi connectivity index (χ1) is 3.55. The monoisotopic (exact) mass is 135 g/mol. The van der Waals surface area contributed by atoms with Crippen molar-refractivity contribution in [2.24, 2.45) is 5.73 Å². The normalized spacial score (nSPS) is 15.2. The molecule has 0 saturated heterocycles. The number of rotatable bonds is 1. The number of carbonyl (C=O) groups is 1. The predicted octanol–water partition coefficient (Wildman–Crippen LogP) is 0.121. The minimum Gasteiger partial charge on any atom is -0.321 e. The third-order valence-electron chi connectivity index (χ3n) is 0.830. The van der Waals surface area contributed by atoms with Crippen molar-refractivity contribution in [3.8, 4) is 0 Å². The highest BCUT2D eigenvalue weighted by atomic mass is 32.2. The first-order valence-electron chi connectivity index (χ1n) is 2.52. The molecule has 2 nitrogen and oxygen atoms in total. The van der Waals surface area contributed by atoms with Crippen LogP contribution in [0.25, 0.3) is 0 Å². The molecule has 8 heavy (non-hydrogen) atoms. The second-order valence-corrected chi connectivity index (χ2v) is 4.25. The Labute approximate surface area is 52.8 Å². The van der Waals surface area contributed by atoms with Crippen molar-refractivity contribution in [1.29, 1.82) is 0 Å². The Morgan fingerprint density at radius 3 is 2.00 bits per heavy atom. The van der Waals surface area contributed by atoms with Crippen LogP contribution in [0.2, 0.25) is 0 Å². The molecule has 0 amide bonds. The Bertz CT molecular complexity index is 80.4. The smallest absolute Gasteiger partial charge is 0.185 e. The van der Waals surface area contributed by atoms with Gasteiger partial charge in [-0.15, -0.1) is 0 Å². The highest BCUT2D eigenvalue weighted by molar-refractivity contribution is 8.28. The van der Waals surface area contributed by atoms with Gasteiger partial charge in [-0.1, -0.05) is 0 Å². The standard InChI is InChI=1S/C5H13NOS/c1-4(6)5(7)8(2)3/h4,8H,6H2,1-3H3/t4-/m0/s1. The average molecular weight is 135 g/mol. The van der Waals surface area contributed by atoms with Crippen molar-refractivity contribution < 1.29 is 4.79 Å². The van der Waals surface area contributed by atoms with Gasteiger partial charge in [0.05, 0.1) is 6.04 Å². The fourth-order valence-corrected chi connectivity index (χ4v) is 1.22. The summed E-state index contributed by atoms with van der Waals surface area (Å²) in [6.07, 6.45) is 3.84. The minimum atomic E-state index is -0.465. The number of hydrogen-bond donors (Lipinski definition) is 2. The molecule has 0 radical (unpaired) electrons. The zero-order valence-electron chi connectivity index (χ0n) is 5.51. The molecule has 0 rings (SSSR count). The van der Waals surface area contributed by atoms with Crippen LogP contribution >= 0.6 is 10.9 Å². The lowest BCUT2D eigenvalue weighted by molar-refractivity contribution is -0.111. The van der Waals surface area contributed by atoms with Crippen LogP contribution in [0.1, 0.15) is 6.92 Å². The molecular formula is C5H13NOS. The van der Waals surface area contributed by atoms with Gasteiger partial charge in [0.1, 0.15) is 0 Å². The third kappa shape index (κ3) is 2.33. The van der Waals surface area contributed by atoms with E-state index in [2.05, 4.69) is 0 Å². The molecule has 1 atom stereocenters. The van der Waals surface area contributed by atoms with Gasteiger partial charge in [-0.3, -0.25) is 4.79 Å². The van der Waals surface area contributed by atoms with E-state index in [1.807, 2.05) is 12.5 Å². The molecule has 0 aromatic carbocycles. The van der Waals surface area contributed by atoms with Gasteiger partial charge < -0.3 is 5.73 Å². The molecule has 0 bridgehead atoms. The Balaban J connectivity index is 3.65. The fourth-order valence-electron chi connectivity index (χ4n) is 0.407. The zero-order valence-corrected chi connectivity index (χ0v) is 6.40. The summed E-state index contributed by atoms with van der Waals surface area (Å²) in [5, 5.41) is 0.194. The lowest BCUT2D eigenvalue weighted by Gasteiger charge is -2.09. The fraction of sp³-hybridized carbons (Fsp3) is 0.800. The molecule has 0 spiro atoms. The number of nitrogens with two attached hydrogens (primary N) is 1. The molecule has 50 valence electrons. The molecule has 0 aliphatic carbocycles. The zero-order chi connectivity index (χ0) is 6.73. The van der Waals surface area contributed by atoms with Crippen LogP contribution in [0, 0.1) is 0 Å². The van der Waals surface area contributed by atoms with E-state index in [1.54, 1.807) is 6.92 Å². The van der Waals surface area contributed by atoms with Crippen LogP contribution in [0.4, 0.5) is 0 Å². The molecule has 3 heteroatoms. The van der Waals surface area contributed by atoms with Crippen molar-refractivity contribution in [2.45, 2.75) is 13.0 Å². The van der Waals surface area contributed by atoms with Crippen molar-refractivity contribution in [3.05, 3.63) is 0 Å². The summed E-state index contributed by atoms with van der Waals surface area (Å²) in [5.41, 5.74) is 5.30. The quantitative estimate of drug-likeness (QED) is 0.502. The first-order valence-corrected chi connectivity index (χ1v) is 4.76. The van der Waals surface area contributed by atoms with Gasteiger partial charge in [0.15, 0.2) is 5.12 Å². The van der Waals surface area contributed by atoms with Crippen LogP contribution in [0.3, 0.4) is 0 Å². The van der Waals surface area contributed by atoms with Crippen molar-refractivity contribution in [3.63, 3.8) is 0 Å². The summed E-state index contributed by atoms with van der Waals surface area (Å²) in [6, 6.07) is -0.267. The topological polar surface area (TPSA) is 43.1 Å². The van der Waals surface area contributed by atoms with Crippen LogP contribution < -0.4 is 5.73 Å². The number of hydrogen-bond acceptors (Lipinski definition) is 2. The molecule has 0 aromatic heterocycles. The Morgan fingerprint density at radius 2 is 2.00 bits per heavy atom. The molecule has 0 aliphatic rings. The second-order valence-electron chi connectivity index (χ2n) is 2.02. The second kappa shape index (κ2) is 3.10. The highest BCUT2D eigenvalue weighted by Crippen LogP contribution is 2.15. The van der Waals surface area contributed by atoms with E-state index in [0.29, 0.717) is 0 Å². The Hall–Kier alpha value is -0.0200. The number of thiol groups is 1. The first kappa shape index (κ1) is 7.98. The molecule has 0 heterocycles. The summed E-state index contributed by atoms with van der Waals surface area (Å²) in [6.45, 7) is 1.73. The van der Waals surface area contributed by atoms with E-state index in [1.165, 1.54) is 0 Å². The van der Waals surface area contributed by atoms with E-state index in [0.717, 1.165) is 0 Å². The minimum absolute atomic E-state index is 0.194. The summed E-state index contributed by atoms with van der Waals surface area (Å²) >= 11 is 0.